The van der Waals surface area contributed by atoms with Crippen LogP contribution in [0.5, 0.6) is 0 Å². The second-order valence-electron chi connectivity index (χ2n) is 3.59. The lowest BCUT2D eigenvalue weighted by molar-refractivity contribution is -0.133. The summed E-state index contributed by atoms with van der Waals surface area (Å²) in [4.78, 5) is 10.5. The van der Waals surface area contributed by atoms with Crippen molar-refractivity contribution in [3.05, 3.63) is 5.82 Å². The summed E-state index contributed by atoms with van der Waals surface area (Å²) in [5.41, 5.74) is 0. The fourth-order valence-electron chi connectivity index (χ4n) is 1.33. The van der Waals surface area contributed by atoms with Crippen LogP contribution < -0.4 is 0 Å². The Labute approximate surface area is 104 Å². The standard InChI is InChI=1S/C10H17N3O3S/c1-4-8-11-12-10(17-6-9(14)15)13(8)5-7(2)16-3/h7H,4-6H2,1-3H3,(H,14,15). The number of hydrogen-bond donors (Lipinski definition) is 1. The third-order valence-electron chi connectivity index (χ3n) is 2.28. The van der Waals surface area contributed by atoms with Gasteiger partial charge in [0.2, 0.25) is 0 Å². The Morgan fingerprint density at radius 3 is 2.82 bits per heavy atom. The molecule has 0 radical (unpaired) electrons. The SMILES string of the molecule is CCc1nnc(SCC(=O)O)n1CC(C)OC. The van der Waals surface area contributed by atoms with Gasteiger partial charge in [0.1, 0.15) is 5.82 Å². The van der Waals surface area contributed by atoms with Crippen molar-refractivity contribution in [2.24, 2.45) is 0 Å². The first-order valence-corrected chi connectivity index (χ1v) is 6.36. The number of methoxy groups -OCH3 is 1. The highest BCUT2D eigenvalue weighted by Crippen LogP contribution is 2.18. The molecule has 1 aromatic rings. The maximum Gasteiger partial charge on any atom is 0.313 e. The van der Waals surface area contributed by atoms with Gasteiger partial charge in [0.25, 0.3) is 0 Å². The van der Waals surface area contributed by atoms with Crippen molar-refractivity contribution in [3.8, 4) is 0 Å². The summed E-state index contributed by atoms with van der Waals surface area (Å²) in [5, 5.41) is 17.3. The molecule has 0 spiro atoms. The van der Waals surface area contributed by atoms with Gasteiger partial charge in [0, 0.05) is 13.5 Å². The predicted octanol–water partition coefficient (Wildman–Crippen LogP) is 1.05. The number of ether oxygens (including phenoxy) is 1. The highest BCUT2D eigenvalue weighted by atomic mass is 32.2. The molecule has 0 fully saturated rings. The van der Waals surface area contributed by atoms with Gasteiger partial charge in [-0.3, -0.25) is 4.79 Å². The number of aryl methyl sites for hydroxylation is 1. The lowest BCUT2D eigenvalue weighted by Crippen LogP contribution is -2.17. The number of nitrogens with zero attached hydrogens (tertiary/aromatic N) is 3. The van der Waals surface area contributed by atoms with Gasteiger partial charge >= 0.3 is 5.97 Å². The summed E-state index contributed by atoms with van der Waals surface area (Å²) >= 11 is 1.18. The normalized spacial score (nSPS) is 12.6. The Morgan fingerprint density at radius 1 is 1.59 bits per heavy atom. The number of aliphatic carboxylic acids is 1. The molecule has 0 saturated heterocycles. The van der Waals surface area contributed by atoms with Gasteiger partial charge in [-0.1, -0.05) is 18.7 Å². The second-order valence-corrected chi connectivity index (χ2v) is 4.53. The van der Waals surface area contributed by atoms with Crippen LogP contribution in [0.4, 0.5) is 0 Å². The summed E-state index contributed by atoms with van der Waals surface area (Å²) in [6.07, 6.45) is 0.803. The Morgan fingerprint density at radius 2 is 2.29 bits per heavy atom. The van der Waals surface area contributed by atoms with E-state index in [1.54, 1.807) is 7.11 Å². The van der Waals surface area contributed by atoms with Crippen LogP contribution in [0.2, 0.25) is 0 Å². The molecule has 0 amide bonds. The number of carboxylic acids is 1. The van der Waals surface area contributed by atoms with Gasteiger partial charge in [-0.15, -0.1) is 10.2 Å². The molecule has 0 aliphatic carbocycles. The van der Waals surface area contributed by atoms with Crippen molar-refractivity contribution in [2.75, 3.05) is 12.9 Å². The molecule has 0 aliphatic rings. The first-order chi connectivity index (χ1) is 8.08. The van der Waals surface area contributed by atoms with E-state index in [1.807, 2.05) is 18.4 Å². The van der Waals surface area contributed by atoms with E-state index in [2.05, 4.69) is 10.2 Å². The van der Waals surface area contributed by atoms with E-state index >= 15 is 0 Å². The Bertz CT molecular complexity index is 381. The molecule has 0 aromatic carbocycles. The highest BCUT2D eigenvalue weighted by molar-refractivity contribution is 7.99. The molecule has 1 aromatic heterocycles. The summed E-state index contributed by atoms with van der Waals surface area (Å²) in [5.74, 6) is -0.0207. The zero-order valence-electron chi connectivity index (χ0n) is 10.2. The van der Waals surface area contributed by atoms with Crippen molar-refractivity contribution in [3.63, 3.8) is 0 Å². The molecule has 1 atom stereocenters. The molecule has 6 nitrogen and oxygen atoms in total. The number of carboxylic acid groups (broad SMARTS) is 1. The summed E-state index contributed by atoms with van der Waals surface area (Å²) in [6, 6.07) is 0. The third kappa shape index (κ3) is 4.01. The first-order valence-electron chi connectivity index (χ1n) is 5.37. The molecule has 17 heavy (non-hydrogen) atoms. The fourth-order valence-corrected chi connectivity index (χ4v) is 2.02. The van der Waals surface area contributed by atoms with Crippen LogP contribution in [0, 0.1) is 0 Å². The molecule has 1 heterocycles. The Kier molecular flexibility index (Phi) is 5.43. The lowest BCUT2D eigenvalue weighted by atomic mass is 10.4. The van der Waals surface area contributed by atoms with Gasteiger partial charge < -0.3 is 14.4 Å². The minimum absolute atomic E-state index is 0.0107. The Hall–Kier alpha value is -1.08. The molecule has 0 saturated carbocycles. The third-order valence-corrected chi connectivity index (χ3v) is 3.23. The molecule has 0 aliphatic heterocycles. The largest absolute Gasteiger partial charge is 0.481 e. The highest BCUT2D eigenvalue weighted by Gasteiger charge is 2.14. The van der Waals surface area contributed by atoms with Crippen LogP contribution >= 0.6 is 11.8 Å². The van der Waals surface area contributed by atoms with Crippen molar-refractivity contribution < 1.29 is 14.6 Å². The molecule has 1 rings (SSSR count). The van der Waals surface area contributed by atoms with Gasteiger partial charge in [0.05, 0.1) is 18.4 Å². The average molecular weight is 259 g/mol. The van der Waals surface area contributed by atoms with Crippen molar-refractivity contribution in [1.29, 1.82) is 0 Å². The van der Waals surface area contributed by atoms with Crippen LogP contribution in [-0.4, -0.2) is 44.8 Å². The van der Waals surface area contributed by atoms with Crippen LogP contribution in [0.15, 0.2) is 5.16 Å². The fraction of sp³-hybridized carbons (Fsp3) is 0.700. The minimum Gasteiger partial charge on any atom is -0.481 e. The van der Waals surface area contributed by atoms with Crippen LogP contribution in [-0.2, 0) is 22.5 Å². The van der Waals surface area contributed by atoms with E-state index in [1.165, 1.54) is 11.8 Å². The number of aromatic nitrogens is 3. The van der Waals surface area contributed by atoms with Crippen molar-refractivity contribution >= 4 is 17.7 Å². The smallest absolute Gasteiger partial charge is 0.313 e. The van der Waals surface area contributed by atoms with E-state index in [-0.39, 0.29) is 11.9 Å². The first kappa shape index (κ1) is 14.0. The topological polar surface area (TPSA) is 77.2 Å². The van der Waals surface area contributed by atoms with E-state index in [0.717, 1.165) is 12.2 Å². The van der Waals surface area contributed by atoms with Crippen molar-refractivity contribution in [2.45, 2.75) is 38.1 Å². The van der Waals surface area contributed by atoms with E-state index in [0.29, 0.717) is 11.7 Å². The van der Waals surface area contributed by atoms with Crippen LogP contribution in [0.1, 0.15) is 19.7 Å². The van der Waals surface area contributed by atoms with E-state index in [9.17, 15) is 4.79 Å². The number of rotatable bonds is 7. The predicted molar refractivity (Wildman–Crippen MR) is 64.2 cm³/mol. The molecule has 7 heteroatoms. The molecule has 1 N–H and O–H groups in total. The summed E-state index contributed by atoms with van der Waals surface area (Å²) in [7, 11) is 1.64. The molecular weight excluding hydrogens is 242 g/mol. The van der Waals surface area contributed by atoms with E-state index in [4.69, 9.17) is 9.84 Å². The second kappa shape index (κ2) is 6.61. The zero-order valence-corrected chi connectivity index (χ0v) is 11.0. The van der Waals surface area contributed by atoms with Gasteiger partial charge in [0.15, 0.2) is 5.16 Å². The number of hydrogen-bond acceptors (Lipinski definition) is 5. The summed E-state index contributed by atoms with van der Waals surface area (Å²) < 4.78 is 7.12. The Balaban J connectivity index is 2.81. The molecule has 0 bridgehead atoms. The monoisotopic (exact) mass is 259 g/mol. The van der Waals surface area contributed by atoms with Gasteiger partial charge in [-0.2, -0.15) is 0 Å². The number of carbonyl (C=O) groups is 1. The van der Waals surface area contributed by atoms with Gasteiger partial charge in [-0.25, -0.2) is 0 Å². The summed E-state index contributed by atoms with van der Waals surface area (Å²) in [6.45, 7) is 4.57. The maximum atomic E-state index is 10.5. The van der Waals surface area contributed by atoms with Crippen LogP contribution in [0.25, 0.3) is 0 Å². The zero-order chi connectivity index (χ0) is 12.8. The lowest BCUT2D eigenvalue weighted by Gasteiger charge is -2.13. The molecule has 1 unspecified atom stereocenters. The quantitative estimate of drug-likeness (QED) is 0.738. The van der Waals surface area contributed by atoms with Crippen molar-refractivity contribution in [1.82, 2.24) is 14.8 Å². The number of thioether (sulfide) groups is 1. The molecular formula is C10H17N3O3S. The van der Waals surface area contributed by atoms with Crippen LogP contribution in [0.3, 0.4) is 0 Å². The van der Waals surface area contributed by atoms with E-state index < -0.39 is 5.97 Å². The maximum absolute atomic E-state index is 10.5. The molecule has 96 valence electrons. The minimum atomic E-state index is -0.859. The van der Waals surface area contributed by atoms with Gasteiger partial charge in [-0.05, 0) is 6.92 Å². The average Bonchev–Trinajstić information content (AvgIpc) is 2.68.